The Bertz CT molecular complexity index is 163. The molecule has 0 heterocycles. The van der Waals surface area contributed by atoms with Crippen LogP contribution in [0.4, 0.5) is 13.2 Å². The van der Waals surface area contributed by atoms with Crippen LogP contribution in [-0.4, -0.2) is 18.5 Å². The minimum absolute atomic E-state index is 0.531. The van der Waals surface area contributed by atoms with Crippen LogP contribution in [0.1, 0.15) is 32.1 Å². The van der Waals surface area contributed by atoms with E-state index in [0.29, 0.717) is 12.8 Å². The number of rotatable bonds is 2. The van der Waals surface area contributed by atoms with Gasteiger partial charge in [0, 0.05) is 0 Å². The lowest BCUT2D eigenvalue weighted by molar-refractivity contribution is -0.210. The van der Waals surface area contributed by atoms with E-state index in [1.165, 1.54) is 0 Å². The molecule has 5 heteroatoms. The Kier molecular flexibility index (Phi) is 3.18. The number of hydrogen-bond donors (Lipinski definition) is 1. The Hall–Kier alpha value is -0.290. The molecule has 0 aliphatic heterocycles. The van der Waals surface area contributed by atoms with Crippen molar-refractivity contribution in [3.05, 3.63) is 0 Å². The highest BCUT2D eigenvalue weighted by atomic mass is 19.4. The van der Waals surface area contributed by atoms with Crippen molar-refractivity contribution in [3.63, 3.8) is 0 Å². The third-order valence-electron chi connectivity index (χ3n) is 2.22. The first-order valence-corrected chi connectivity index (χ1v) is 4.41. The van der Waals surface area contributed by atoms with Crippen LogP contribution in [0.3, 0.4) is 0 Å². The molecule has 1 saturated carbocycles. The average Bonchev–Trinajstić information content (AvgIpc) is 2.02. The van der Waals surface area contributed by atoms with E-state index in [1.807, 2.05) is 0 Å². The van der Waals surface area contributed by atoms with Crippen LogP contribution in [0, 0.1) is 0 Å². The largest absolute Gasteiger partial charge is 0.411 e. The van der Waals surface area contributed by atoms with E-state index in [1.54, 1.807) is 0 Å². The van der Waals surface area contributed by atoms with Crippen LogP contribution < -0.4 is 5.73 Å². The summed E-state index contributed by atoms with van der Waals surface area (Å²) < 4.78 is 40.1. The molecule has 2 N–H and O–H groups in total. The molecule has 1 rings (SSSR count). The summed E-state index contributed by atoms with van der Waals surface area (Å²) in [4.78, 5) is 0. The maximum absolute atomic E-state index is 11.8. The highest BCUT2D eigenvalue weighted by molar-refractivity contribution is 4.78. The van der Waals surface area contributed by atoms with Gasteiger partial charge in [-0.3, -0.25) is 0 Å². The van der Waals surface area contributed by atoms with Crippen molar-refractivity contribution in [1.82, 2.24) is 0 Å². The van der Waals surface area contributed by atoms with Crippen LogP contribution in [-0.2, 0) is 4.74 Å². The fraction of sp³-hybridized carbons (Fsp3) is 1.00. The SMILES string of the molecule is NC1(OCC(F)(F)F)CCCCC1. The zero-order chi connectivity index (χ0) is 9.95. The lowest BCUT2D eigenvalue weighted by atomic mass is 9.92. The van der Waals surface area contributed by atoms with Crippen LogP contribution in [0.25, 0.3) is 0 Å². The third kappa shape index (κ3) is 3.95. The fourth-order valence-electron chi connectivity index (χ4n) is 1.52. The Morgan fingerprint density at radius 3 is 2.15 bits per heavy atom. The summed E-state index contributed by atoms with van der Waals surface area (Å²) in [6, 6.07) is 0. The maximum atomic E-state index is 11.8. The molecule has 0 saturated heterocycles. The molecule has 0 radical (unpaired) electrons. The van der Waals surface area contributed by atoms with Gasteiger partial charge in [0.05, 0.1) is 0 Å². The van der Waals surface area contributed by atoms with Crippen molar-refractivity contribution in [2.45, 2.75) is 44.0 Å². The first-order valence-electron chi connectivity index (χ1n) is 4.41. The summed E-state index contributed by atoms with van der Waals surface area (Å²) in [6.45, 7) is -1.23. The van der Waals surface area contributed by atoms with Crippen molar-refractivity contribution in [2.24, 2.45) is 5.73 Å². The van der Waals surface area contributed by atoms with Gasteiger partial charge in [0.25, 0.3) is 0 Å². The minimum Gasteiger partial charge on any atom is -0.351 e. The molecule has 0 spiro atoms. The van der Waals surface area contributed by atoms with Crippen molar-refractivity contribution < 1.29 is 17.9 Å². The summed E-state index contributed by atoms with van der Waals surface area (Å²) in [6.07, 6.45) is -0.465. The Morgan fingerprint density at radius 2 is 1.69 bits per heavy atom. The molecule has 78 valence electrons. The lowest BCUT2D eigenvalue weighted by Crippen LogP contribution is -2.46. The van der Waals surface area contributed by atoms with Crippen molar-refractivity contribution >= 4 is 0 Å². The summed E-state index contributed by atoms with van der Waals surface area (Å²) in [5.74, 6) is 0. The van der Waals surface area contributed by atoms with Gasteiger partial charge in [0.15, 0.2) is 0 Å². The Balaban J connectivity index is 2.33. The summed E-state index contributed by atoms with van der Waals surface area (Å²) in [7, 11) is 0. The zero-order valence-corrected chi connectivity index (χ0v) is 7.36. The predicted octanol–water partition coefficient (Wildman–Crippen LogP) is 2.18. The molecule has 1 aliphatic rings. The van der Waals surface area contributed by atoms with E-state index < -0.39 is 18.5 Å². The quantitative estimate of drug-likeness (QED) is 0.688. The second-order valence-electron chi connectivity index (χ2n) is 3.53. The fourth-order valence-corrected chi connectivity index (χ4v) is 1.52. The highest BCUT2D eigenvalue weighted by Crippen LogP contribution is 2.28. The van der Waals surface area contributed by atoms with E-state index >= 15 is 0 Å². The van der Waals surface area contributed by atoms with E-state index in [2.05, 4.69) is 4.74 Å². The van der Waals surface area contributed by atoms with Crippen molar-refractivity contribution in [1.29, 1.82) is 0 Å². The molecule has 1 fully saturated rings. The minimum atomic E-state index is -4.27. The van der Waals surface area contributed by atoms with Gasteiger partial charge in [-0.1, -0.05) is 6.42 Å². The van der Waals surface area contributed by atoms with Crippen LogP contribution in [0.15, 0.2) is 0 Å². The zero-order valence-electron chi connectivity index (χ0n) is 7.36. The summed E-state index contributed by atoms with van der Waals surface area (Å²) in [5.41, 5.74) is 4.61. The summed E-state index contributed by atoms with van der Waals surface area (Å²) in [5, 5.41) is 0. The van der Waals surface area contributed by atoms with E-state index in [4.69, 9.17) is 5.73 Å². The van der Waals surface area contributed by atoms with Gasteiger partial charge < -0.3 is 10.5 Å². The molecule has 0 aromatic carbocycles. The van der Waals surface area contributed by atoms with Crippen LogP contribution >= 0.6 is 0 Å². The molecule has 2 nitrogen and oxygen atoms in total. The number of nitrogens with two attached hydrogens (primary N) is 1. The third-order valence-corrected chi connectivity index (χ3v) is 2.22. The van der Waals surface area contributed by atoms with Gasteiger partial charge in [-0.15, -0.1) is 0 Å². The lowest BCUT2D eigenvalue weighted by Gasteiger charge is -2.33. The molecule has 0 bridgehead atoms. The summed E-state index contributed by atoms with van der Waals surface area (Å²) >= 11 is 0. The second-order valence-corrected chi connectivity index (χ2v) is 3.53. The normalized spacial score (nSPS) is 23.1. The Morgan fingerprint density at radius 1 is 1.15 bits per heavy atom. The van der Waals surface area contributed by atoms with Gasteiger partial charge >= 0.3 is 6.18 Å². The molecule has 0 unspecified atom stereocenters. The average molecular weight is 197 g/mol. The maximum Gasteiger partial charge on any atom is 0.411 e. The monoisotopic (exact) mass is 197 g/mol. The van der Waals surface area contributed by atoms with Gasteiger partial charge in [-0.2, -0.15) is 13.2 Å². The molecule has 1 aliphatic carbocycles. The molecule has 13 heavy (non-hydrogen) atoms. The Labute approximate surface area is 75.2 Å². The predicted molar refractivity (Wildman–Crippen MR) is 42.0 cm³/mol. The highest BCUT2D eigenvalue weighted by Gasteiger charge is 2.35. The smallest absolute Gasteiger partial charge is 0.351 e. The first-order chi connectivity index (χ1) is 5.91. The van der Waals surface area contributed by atoms with Crippen LogP contribution in [0.2, 0.25) is 0 Å². The van der Waals surface area contributed by atoms with E-state index in [-0.39, 0.29) is 0 Å². The van der Waals surface area contributed by atoms with Crippen molar-refractivity contribution in [3.8, 4) is 0 Å². The molecule has 0 atom stereocenters. The van der Waals surface area contributed by atoms with Crippen LogP contribution in [0.5, 0.6) is 0 Å². The second kappa shape index (κ2) is 3.84. The van der Waals surface area contributed by atoms with Gasteiger partial charge in [0.1, 0.15) is 12.3 Å². The van der Waals surface area contributed by atoms with Gasteiger partial charge in [-0.05, 0) is 25.7 Å². The molecular weight excluding hydrogens is 183 g/mol. The number of halogens is 3. The molecule has 0 amide bonds. The van der Waals surface area contributed by atoms with E-state index in [0.717, 1.165) is 19.3 Å². The van der Waals surface area contributed by atoms with Gasteiger partial charge in [0.2, 0.25) is 0 Å². The molecule has 0 aromatic rings. The number of ether oxygens (including phenoxy) is 1. The molecular formula is C8H14F3NO. The topological polar surface area (TPSA) is 35.2 Å². The number of hydrogen-bond acceptors (Lipinski definition) is 2. The standard InChI is InChI=1S/C8H14F3NO/c9-8(10,11)6-13-7(12)4-2-1-3-5-7/h1-6,12H2. The van der Waals surface area contributed by atoms with Crippen molar-refractivity contribution in [2.75, 3.05) is 6.61 Å². The van der Waals surface area contributed by atoms with E-state index in [9.17, 15) is 13.2 Å². The molecule has 0 aromatic heterocycles. The first kappa shape index (κ1) is 10.8. The van der Waals surface area contributed by atoms with Gasteiger partial charge in [-0.25, -0.2) is 0 Å². The number of alkyl halides is 3.